The van der Waals surface area contributed by atoms with Crippen LogP contribution in [0.25, 0.3) is 0 Å². The van der Waals surface area contributed by atoms with E-state index in [1.165, 1.54) is 10.4 Å². The van der Waals surface area contributed by atoms with E-state index in [0.717, 1.165) is 23.9 Å². The van der Waals surface area contributed by atoms with E-state index in [1.54, 1.807) is 18.4 Å². The van der Waals surface area contributed by atoms with E-state index >= 15 is 0 Å². The first kappa shape index (κ1) is 17.5. The van der Waals surface area contributed by atoms with Crippen molar-refractivity contribution in [2.75, 3.05) is 13.6 Å². The van der Waals surface area contributed by atoms with Gasteiger partial charge in [0.25, 0.3) is 0 Å². The summed E-state index contributed by atoms with van der Waals surface area (Å²) in [5.74, 6) is 0.819. The van der Waals surface area contributed by atoms with Gasteiger partial charge in [-0.2, -0.15) is 0 Å². The van der Waals surface area contributed by atoms with Crippen LogP contribution in [0.2, 0.25) is 0 Å². The van der Waals surface area contributed by atoms with Crippen molar-refractivity contribution in [1.29, 1.82) is 0 Å². The number of guanidine groups is 1. The van der Waals surface area contributed by atoms with Gasteiger partial charge in [-0.3, -0.25) is 4.99 Å². The fraction of sp³-hybridized carbons (Fsp3) is 0.444. The summed E-state index contributed by atoms with van der Waals surface area (Å²) in [6, 6.07) is 10.6. The van der Waals surface area contributed by atoms with Crippen LogP contribution in [0, 0.1) is 12.3 Å². The normalized spacial score (nSPS) is 12.3. The molecule has 4 nitrogen and oxygen atoms in total. The van der Waals surface area contributed by atoms with Crippen LogP contribution in [0.5, 0.6) is 0 Å². The molecule has 1 aromatic heterocycles. The first-order chi connectivity index (χ1) is 11.0. The van der Waals surface area contributed by atoms with E-state index in [2.05, 4.69) is 71.7 Å². The van der Waals surface area contributed by atoms with Crippen LogP contribution in [0.4, 0.5) is 0 Å². The average molecular weight is 331 g/mol. The minimum Gasteiger partial charge on any atom is -0.356 e. The summed E-state index contributed by atoms with van der Waals surface area (Å²) in [6.45, 7) is 8.17. The maximum atomic E-state index is 4.36. The Kier molecular flexibility index (Phi) is 6.16. The lowest BCUT2D eigenvalue weighted by Crippen LogP contribution is -2.42. The van der Waals surface area contributed by atoms with Gasteiger partial charge in [0.15, 0.2) is 5.96 Å². The van der Waals surface area contributed by atoms with Gasteiger partial charge >= 0.3 is 0 Å². The van der Waals surface area contributed by atoms with Crippen LogP contribution in [0.1, 0.15) is 29.3 Å². The summed E-state index contributed by atoms with van der Waals surface area (Å²) >= 11 is 1.71. The summed E-state index contributed by atoms with van der Waals surface area (Å²) < 4.78 is 0. The molecule has 2 N–H and O–H groups in total. The average Bonchev–Trinajstić information content (AvgIpc) is 2.93. The summed E-state index contributed by atoms with van der Waals surface area (Å²) in [6.07, 6.45) is 2.93. The van der Waals surface area contributed by atoms with Crippen LogP contribution in [0.15, 0.2) is 41.5 Å². The third-order valence-electron chi connectivity index (χ3n) is 3.56. The fourth-order valence-corrected chi connectivity index (χ4v) is 3.12. The van der Waals surface area contributed by atoms with Crippen LogP contribution in [-0.2, 0) is 13.0 Å². The molecule has 0 aliphatic heterocycles. The molecule has 0 atom stereocenters. The van der Waals surface area contributed by atoms with Gasteiger partial charge in [-0.05, 0) is 24.3 Å². The Morgan fingerprint density at radius 1 is 1.22 bits per heavy atom. The molecule has 124 valence electrons. The number of nitrogens with zero attached hydrogens (tertiary/aromatic N) is 2. The Bertz CT molecular complexity index is 631. The van der Waals surface area contributed by atoms with E-state index in [4.69, 9.17) is 0 Å². The zero-order valence-electron chi connectivity index (χ0n) is 14.4. The van der Waals surface area contributed by atoms with Crippen molar-refractivity contribution in [2.24, 2.45) is 10.4 Å². The second-order valence-corrected chi connectivity index (χ2v) is 7.79. The minimum absolute atomic E-state index is 0.150. The number of thiazole rings is 1. The fourth-order valence-electron chi connectivity index (χ4n) is 2.40. The van der Waals surface area contributed by atoms with Gasteiger partial charge in [-0.25, -0.2) is 4.98 Å². The van der Waals surface area contributed by atoms with E-state index in [0.29, 0.717) is 6.54 Å². The van der Waals surface area contributed by atoms with Crippen molar-refractivity contribution in [3.05, 3.63) is 52.0 Å². The van der Waals surface area contributed by atoms with Gasteiger partial charge < -0.3 is 10.6 Å². The monoisotopic (exact) mass is 330 g/mol. The predicted octanol–water partition coefficient (Wildman–Crippen LogP) is 3.39. The molecule has 2 rings (SSSR count). The Morgan fingerprint density at radius 3 is 2.57 bits per heavy atom. The zero-order valence-corrected chi connectivity index (χ0v) is 15.2. The van der Waals surface area contributed by atoms with Crippen LogP contribution in [-0.4, -0.2) is 24.5 Å². The van der Waals surface area contributed by atoms with Gasteiger partial charge in [0.1, 0.15) is 5.01 Å². The third kappa shape index (κ3) is 6.02. The second kappa shape index (κ2) is 8.11. The highest BCUT2D eigenvalue weighted by atomic mass is 32.1. The van der Waals surface area contributed by atoms with Crippen LogP contribution in [0.3, 0.4) is 0 Å². The number of benzene rings is 1. The highest BCUT2D eigenvalue weighted by Crippen LogP contribution is 2.20. The molecule has 0 spiro atoms. The maximum Gasteiger partial charge on any atom is 0.191 e. The first-order valence-electron chi connectivity index (χ1n) is 7.88. The SMILES string of the molecule is CN=C(NCc1ncc(C)s1)NCC(C)(C)Cc1ccccc1. The summed E-state index contributed by atoms with van der Waals surface area (Å²) in [4.78, 5) is 9.88. The molecule has 0 fully saturated rings. The van der Waals surface area contributed by atoms with Gasteiger partial charge in [-0.15, -0.1) is 11.3 Å². The molecule has 0 aliphatic carbocycles. The Morgan fingerprint density at radius 2 is 1.96 bits per heavy atom. The molecule has 0 amide bonds. The quantitative estimate of drug-likeness (QED) is 0.630. The minimum atomic E-state index is 0.150. The van der Waals surface area contributed by atoms with Crippen molar-refractivity contribution >= 4 is 17.3 Å². The number of rotatable bonds is 6. The van der Waals surface area contributed by atoms with Gasteiger partial charge in [-0.1, -0.05) is 44.2 Å². The van der Waals surface area contributed by atoms with E-state index in [9.17, 15) is 0 Å². The van der Waals surface area contributed by atoms with Crippen LogP contribution < -0.4 is 10.6 Å². The highest BCUT2D eigenvalue weighted by molar-refractivity contribution is 7.11. The van der Waals surface area contributed by atoms with Crippen molar-refractivity contribution in [1.82, 2.24) is 15.6 Å². The van der Waals surface area contributed by atoms with Crippen molar-refractivity contribution in [2.45, 2.75) is 33.7 Å². The molecule has 0 saturated heterocycles. The molecule has 1 heterocycles. The number of aryl methyl sites for hydroxylation is 1. The molecule has 0 aliphatic rings. The Balaban J connectivity index is 1.82. The number of hydrogen-bond donors (Lipinski definition) is 2. The van der Waals surface area contributed by atoms with E-state index in [-0.39, 0.29) is 5.41 Å². The largest absolute Gasteiger partial charge is 0.356 e. The molecular weight excluding hydrogens is 304 g/mol. The molecule has 0 bridgehead atoms. The molecule has 0 radical (unpaired) electrons. The molecule has 2 aromatic rings. The zero-order chi connectivity index (χ0) is 16.7. The van der Waals surface area contributed by atoms with Crippen molar-refractivity contribution in [3.8, 4) is 0 Å². The Hall–Kier alpha value is -1.88. The summed E-state index contributed by atoms with van der Waals surface area (Å²) in [7, 11) is 1.80. The van der Waals surface area contributed by atoms with Gasteiger partial charge in [0.2, 0.25) is 0 Å². The molecule has 1 aromatic carbocycles. The molecule has 23 heavy (non-hydrogen) atoms. The Labute approximate surface area is 143 Å². The number of hydrogen-bond acceptors (Lipinski definition) is 3. The number of aromatic nitrogens is 1. The topological polar surface area (TPSA) is 49.3 Å². The van der Waals surface area contributed by atoms with Crippen LogP contribution >= 0.6 is 11.3 Å². The summed E-state index contributed by atoms with van der Waals surface area (Å²) in [5.41, 5.74) is 1.51. The standard InChI is InChI=1S/C18H26N4S/c1-14-11-20-16(23-14)12-21-17(19-4)22-13-18(2,3)10-15-8-6-5-7-9-15/h5-9,11H,10,12-13H2,1-4H3,(H2,19,21,22). The van der Waals surface area contributed by atoms with E-state index < -0.39 is 0 Å². The third-order valence-corrected chi connectivity index (χ3v) is 4.47. The van der Waals surface area contributed by atoms with Crippen molar-refractivity contribution in [3.63, 3.8) is 0 Å². The van der Waals surface area contributed by atoms with Crippen molar-refractivity contribution < 1.29 is 0 Å². The lowest BCUT2D eigenvalue weighted by molar-refractivity contribution is 0.359. The number of nitrogens with one attached hydrogen (secondary N) is 2. The highest BCUT2D eigenvalue weighted by Gasteiger charge is 2.19. The predicted molar refractivity (Wildman–Crippen MR) is 99.0 cm³/mol. The lowest BCUT2D eigenvalue weighted by Gasteiger charge is -2.26. The molecule has 0 unspecified atom stereocenters. The molecule has 5 heteroatoms. The maximum absolute atomic E-state index is 4.36. The lowest BCUT2D eigenvalue weighted by atomic mass is 9.86. The van der Waals surface area contributed by atoms with Gasteiger partial charge in [0, 0.05) is 24.7 Å². The molecule has 0 saturated carbocycles. The molecular formula is C18H26N4S. The van der Waals surface area contributed by atoms with Gasteiger partial charge in [0.05, 0.1) is 6.54 Å². The first-order valence-corrected chi connectivity index (χ1v) is 8.70. The van der Waals surface area contributed by atoms with E-state index in [1.807, 2.05) is 6.20 Å². The second-order valence-electron chi connectivity index (χ2n) is 6.47. The number of aliphatic imine (C=N–C) groups is 1. The smallest absolute Gasteiger partial charge is 0.191 e. The summed E-state index contributed by atoms with van der Waals surface area (Å²) in [5, 5.41) is 7.82.